The van der Waals surface area contributed by atoms with Crippen molar-refractivity contribution in [3.8, 4) is 0 Å². The maximum absolute atomic E-state index is 12.1. The normalized spacial score (nSPS) is 10.8. The first kappa shape index (κ1) is 15.8. The molecule has 108 valence electrons. The van der Waals surface area contributed by atoms with Crippen LogP contribution in [0.15, 0.2) is 24.3 Å². The quantitative estimate of drug-likeness (QED) is 0.454. The lowest BCUT2D eigenvalue weighted by atomic mass is 10.1. The maximum Gasteiger partial charge on any atom is 0.269 e. The lowest BCUT2D eigenvalue weighted by Crippen LogP contribution is -2.41. The average Bonchev–Trinajstić information content (AvgIpc) is 2.37. The minimum atomic E-state index is -0.526. The number of primary amides is 1. The molecule has 0 aliphatic rings. The predicted octanol–water partition coefficient (Wildman–Crippen LogP) is 0.973. The number of nitrogens with zero attached hydrogens (tertiary/aromatic N) is 2. The molecular weight excluding hydrogens is 262 g/mol. The Bertz CT molecular complexity index is 511. The second kappa shape index (κ2) is 6.76. The van der Waals surface area contributed by atoms with Gasteiger partial charge in [0.15, 0.2) is 5.78 Å². The van der Waals surface area contributed by atoms with Gasteiger partial charge in [-0.05, 0) is 26.0 Å². The number of ketones is 1. The molecule has 20 heavy (non-hydrogen) atoms. The highest BCUT2D eigenvalue weighted by Gasteiger charge is 2.17. The number of carbonyl (C=O) groups is 2. The Labute approximate surface area is 116 Å². The summed E-state index contributed by atoms with van der Waals surface area (Å²) < 4.78 is 0. The van der Waals surface area contributed by atoms with Gasteiger partial charge >= 0.3 is 0 Å². The number of nitro groups is 1. The number of hydrogen-bond acceptors (Lipinski definition) is 5. The Kier molecular flexibility index (Phi) is 5.33. The van der Waals surface area contributed by atoms with Crippen molar-refractivity contribution >= 4 is 17.4 Å². The zero-order valence-electron chi connectivity index (χ0n) is 11.4. The molecule has 1 rings (SSSR count). The first-order valence-corrected chi connectivity index (χ1v) is 6.11. The molecule has 2 N–H and O–H groups in total. The fourth-order valence-corrected chi connectivity index (χ4v) is 1.67. The predicted molar refractivity (Wildman–Crippen MR) is 73.3 cm³/mol. The number of rotatable bonds is 7. The fraction of sp³-hybridized carbons (Fsp3) is 0.385. The van der Waals surface area contributed by atoms with Gasteiger partial charge in [-0.15, -0.1) is 0 Å². The molecule has 1 aromatic rings. The van der Waals surface area contributed by atoms with E-state index in [1.807, 2.05) is 13.8 Å². The Hall–Kier alpha value is -2.28. The molecule has 0 bridgehead atoms. The molecule has 7 heteroatoms. The average molecular weight is 279 g/mol. The molecule has 0 aromatic heterocycles. The van der Waals surface area contributed by atoms with Crippen molar-refractivity contribution in [3.63, 3.8) is 0 Å². The number of non-ortho nitro benzene ring substituents is 1. The zero-order chi connectivity index (χ0) is 15.3. The van der Waals surface area contributed by atoms with Crippen LogP contribution in [0.25, 0.3) is 0 Å². The Morgan fingerprint density at radius 3 is 2.20 bits per heavy atom. The highest BCUT2D eigenvalue weighted by molar-refractivity contribution is 5.98. The van der Waals surface area contributed by atoms with Crippen LogP contribution >= 0.6 is 0 Å². The molecule has 0 heterocycles. The summed E-state index contributed by atoms with van der Waals surface area (Å²) in [6, 6.07) is 5.36. The fourth-order valence-electron chi connectivity index (χ4n) is 1.67. The van der Waals surface area contributed by atoms with Gasteiger partial charge in [0.05, 0.1) is 18.0 Å². The highest BCUT2D eigenvalue weighted by Crippen LogP contribution is 2.13. The number of nitro benzene ring substituents is 1. The molecule has 1 amide bonds. The van der Waals surface area contributed by atoms with E-state index in [0.29, 0.717) is 5.56 Å². The number of Topliss-reactive ketones (excluding diaryl/α,β-unsaturated/α-hetero) is 1. The molecule has 0 saturated heterocycles. The van der Waals surface area contributed by atoms with Crippen LogP contribution in [0.5, 0.6) is 0 Å². The molecule has 0 saturated carbocycles. The van der Waals surface area contributed by atoms with E-state index in [1.165, 1.54) is 24.3 Å². The third-order valence-electron chi connectivity index (χ3n) is 2.84. The molecule has 0 radical (unpaired) electrons. The molecule has 0 aliphatic carbocycles. The van der Waals surface area contributed by atoms with Crippen LogP contribution in [0.2, 0.25) is 0 Å². The lowest BCUT2D eigenvalue weighted by Gasteiger charge is -2.23. The molecule has 0 aliphatic heterocycles. The molecular formula is C13H17N3O4. The van der Waals surface area contributed by atoms with Crippen molar-refractivity contribution in [2.75, 3.05) is 13.1 Å². The smallest absolute Gasteiger partial charge is 0.269 e. The zero-order valence-corrected chi connectivity index (χ0v) is 11.4. The van der Waals surface area contributed by atoms with E-state index in [9.17, 15) is 19.7 Å². The third kappa shape index (κ3) is 4.43. The number of carbonyl (C=O) groups excluding carboxylic acids is 2. The first-order valence-electron chi connectivity index (χ1n) is 6.11. The largest absolute Gasteiger partial charge is 0.369 e. The molecule has 0 unspecified atom stereocenters. The molecule has 0 spiro atoms. The Balaban J connectivity index is 2.78. The van der Waals surface area contributed by atoms with Gasteiger partial charge in [0.2, 0.25) is 5.91 Å². The summed E-state index contributed by atoms with van der Waals surface area (Å²) in [5.41, 5.74) is 5.43. The number of amides is 1. The van der Waals surface area contributed by atoms with Crippen molar-refractivity contribution in [1.29, 1.82) is 0 Å². The van der Waals surface area contributed by atoms with Gasteiger partial charge in [-0.2, -0.15) is 0 Å². The topological polar surface area (TPSA) is 107 Å². The van der Waals surface area contributed by atoms with E-state index >= 15 is 0 Å². The van der Waals surface area contributed by atoms with Crippen LogP contribution in [-0.2, 0) is 4.79 Å². The summed E-state index contributed by atoms with van der Waals surface area (Å²) in [4.78, 5) is 34.7. The van der Waals surface area contributed by atoms with Crippen LogP contribution in [0.1, 0.15) is 24.2 Å². The van der Waals surface area contributed by atoms with Crippen LogP contribution in [0.4, 0.5) is 5.69 Å². The third-order valence-corrected chi connectivity index (χ3v) is 2.84. The van der Waals surface area contributed by atoms with Crippen LogP contribution in [0, 0.1) is 10.1 Å². The van der Waals surface area contributed by atoms with Crippen molar-refractivity contribution in [1.82, 2.24) is 4.90 Å². The summed E-state index contributed by atoms with van der Waals surface area (Å²) in [7, 11) is 0. The van der Waals surface area contributed by atoms with E-state index in [0.717, 1.165) is 0 Å². The molecule has 7 nitrogen and oxygen atoms in total. The number of nitrogens with two attached hydrogens (primary N) is 1. The van der Waals surface area contributed by atoms with E-state index < -0.39 is 10.8 Å². The summed E-state index contributed by atoms with van der Waals surface area (Å²) in [6.07, 6.45) is 0. The highest BCUT2D eigenvalue weighted by atomic mass is 16.6. The molecule has 1 aromatic carbocycles. The van der Waals surface area contributed by atoms with E-state index in [1.54, 1.807) is 4.90 Å². The van der Waals surface area contributed by atoms with Crippen molar-refractivity contribution in [2.24, 2.45) is 5.73 Å². The van der Waals surface area contributed by atoms with E-state index in [2.05, 4.69) is 0 Å². The van der Waals surface area contributed by atoms with Crippen LogP contribution < -0.4 is 5.73 Å². The Morgan fingerprint density at radius 1 is 1.25 bits per heavy atom. The summed E-state index contributed by atoms with van der Waals surface area (Å²) in [5.74, 6) is -0.718. The molecule has 0 atom stereocenters. The number of benzene rings is 1. The van der Waals surface area contributed by atoms with Gasteiger partial charge in [0.1, 0.15) is 0 Å². The van der Waals surface area contributed by atoms with Gasteiger partial charge in [-0.1, -0.05) is 0 Å². The van der Waals surface area contributed by atoms with Gasteiger partial charge in [0, 0.05) is 23.7 Å². The van der Waals surface area contributed by atoms with E-state index in [-0.39, 0.29) is 30.6 Å². The van der Waals surface area contributed by atoms with Crippen molar-refractivity contribution in [2.45, 2.75) is 19.9 Å². The standard InChI is InChI=1S/C13H17N3O4/c1-9(2)15(8-13(14)18)7-12(17)10-3-5-11(6-4-10)16(19)20/h3-6,9H,7-8H2,1-2H3,(H2,14,18). The first-order chi connectivity index (χ1) is 9.31. The minimum Gasteiger partial charge on any atom is -0.369 e. The molecule has 0 fully saturated rings. The van der Waals surface area contributed by atoms with Gasteiger partial charge < -0.3 is 5.73 Å². The van der Waals surface area contributed by atoms with Gasteiger partial charge in [-0.3, -0.25) is 24.6 Å². The van der Waals surface area contributed by atoms with E-state index in [4.69, 9.17) is 5.73 Å². The van der Waals surface area contributed by atoms with Crippen molar-refractivity contribution in [3.05, 3.63) is 39.9 Å². The Morgan fingerprint density at radius 2 is 1.80 bits per heavy atom. The number of hydrogen-bond donors (Lipinski definition) is 1. The second-order valence-electron chi connectivity index (χ2n) is 4.69. The van der Waals surface area contributed by atoms with Crippen molar-refractivity contribution < 1.29 is 14.5 Å². The van der Waals surface area contributed by atoms with Gasteiger partial charge in [0.25, 0.3) is 5.69 Å². The summed E-state index contributed by atoms with van der Waals surface area (Å²) >= 11 is 0. The SMILES string of the molecule is CC(C)N(CC(N)=O)CC(=O)c1ccc([N+](=O)[O-])cc1. The lowest BCUT2D eigenvalue weighted by molar-refractivity contribution is -0.384. The van der Waals surface area contributed by atoms with Crippen LogP contribution in [0.3, 0.4) is 0 Å². The summed E-state index contributed by atoms with van der Waals surface area (Å²) in [5, 5.41) is 10.5. The van der Waals surface area contributed by atoms with Gasteiger partial charge in [-0.25, -0.2) is 0 Å². The summed E-state index contributed by atoms with van der Waals surface area (Å²) in [6.45, 7) is 3.74. The maximum atomic E-state index is 12.1. The monoisotopic (exact) mass is 279 g/mol. The minimum absolute atomic E-state index is 0.00358. The van der Waals surface area contributed by atoms with Crippen LogP contribution in [-0.4, -0.2) is 40.6 Å². The second-order valence-corrected chi connectivity index (χ2v) is 4.69.